The Bertz CT molecular complexity index is 987. The summed E-state index contributed by atoms with van der Waals surface area (Å²) >= 11 is 0. The number of nitrogens with zero attached hydrogens (tertiary/aromatic N) is 2. The summed E-state index contributed by atoms with van der Waals surface area (Å²) in [7, 11) is 0. The third kappa shape index (κ3) is 3.53. The Balaban J connectivity index is 1.18. The van der Waals surface area contributed by atoms with Crippen LogP contribution in [-0.4, -0.2) is 46.9 Å². The van der Waals surface area contributed by atoms with Gasteiger partial charge in [0, 0.05) is 25.3 Å². The Morgan fingerprint density at radius 2 is 1.84 bits per heavy atom. The van der Waals surface area contributed by atoms with Gasteiger partial charge in [-0.1, -0.05) is 6.07 Å². The lowest BCUT2D eigenvalue weighted by atomic mass is 9.49. The van der Waals surface area contributed by atoms with Crippen molar-refractivity contribution in [1.82, 2.24) is 25.3 Å². The summed E-state index contributed by atoms with van der Waals surface area (Å²) in [5.74, 6) is 2.35. The molecule has 3 N–H and O–H groups in total. The molecular weight excluding hydrogens is 390 g/mol. The standard InChI is InChI=1S/C24H31N5O2/c30-22(27-18-4-5-25-12-18)19-13-29-20(2-1-3-21(29)28-19)23(31)26-14-24-9-15-6-16(10-24)8-17(7-15)11-24/h1-3,13,15-18,25H,4-12,14H2,(H,26,31)(H,27,30). The SMILES string of the molecule is O=C(NC1CCNC1)c1cn2c(C(=O)NCC34CC5CC(CC(C5)C3)C4)cccc2n1. The lowest BCUT2D eigenvalue weighted by Gasteiger charge is -2.56. The van der Waals surface area contributed by atoms with Gasteiger partial charge in [-0.15, -0.1) is 0 Å². The van der Waals surface area contributed by atoms with Crippen molar-refractivity contribution < 1.29 is 9.59 Å². The zero-order chi connectivity index (χ0) is 21.0. The molecule has 4 aliphatic carbocycles. The minimum atomic E-state index is -0.183. The van der Waals surface area contributed by atoms with Gasteiger partial charge in [-0.3, -0.25) is 14.0 Å². The van der Waals surface area contributed by atoms with E-state index in [2.05, 4.69) is 20.9 Å². The minimum absolute atomic E-state index is 0.0781. The monoisotopic (exact) mass is 421 g/mol. The zero-order valence-electron chi connectivity index (χ0n) is 17.9. The molecule has 164 valence electrons. The van der Waals surface area contributed by atoms with Crippen molar-refractivity contribution >= 4 is 17.5 Å². The molecule has 5 fully saturated rings. The smallest absolute Gasteiger partial charge is 0.271 e. The zero-order valence-corrected chi connectivity index (χ0v) is 17.9. The Morgan fingerprint density at radius 3 is 2.52 bits per heavy atom. The van der Waals surface area contributed by atoms with Gasteiger partial charge in [0.05, 0.1) is 0 Å². The fourth-order valence-electron chi connectivity index (χ4n) is 7.21. The van der Waals surface area contributed by atoms with Crippen LogP contribution in [0.3, 0.4) is 0 Å². The number of nitrogens with one attached hydrogen (secondary N) is 3. The number of amides is 2. The third-order valence-electron chi connectivity index (χ3n) is 8.14. The van der Waals surface area contributed by atoms with Crippen molar-refractivity contribution in [3.63, 3.8) is 0 Å². The van der Waals surface area contributed by atoms with E-state index >= 15 is 0 Å². The second kappa shape index (κ2) is 7.33. The van der Waals surface area contributed by atoms with E-state index in [0.29, 0.717) is 22.5 Å². The highest BCUT2D eigenvalue weighted by molar-refractivity contribution is 5.95. The fraction of sp³-hybridized carbons (Fsp3) is 0.625. The largest absolute Gasteiger partial charge is 0.350 e. The molecule has 4 bridgehead atoms. The molecule has 0 radical (unpaired) electrons. The average molecular weight is 422 g/mol. The number of carbonyl (C=O) groups is 2. The van der Waals surface area contributed by atoms with Crippen molar-refractivity contribution in [2.45, 2.75) is 51.0 Å². The van der Waals surface area contributed by atoms with Crippen molar-refractivity contribution in [2.24, 2.45) is 23.2 Å². The molecule has 3 heterocycles. The molecule has 7 rings (SSSR count). The quantitative estimate of drug-likeness (QED) is 0.692. The van der Waals surface area contributed by atoms with E-state index in [4.69, 9.17) is 0 Å². The van der Waals surface area contributed by atoms with Gasteiger partial charge in [0.1, 0.15) is 17.0 Å². The Hall–Kier alpha value is -2.41. The molecule has 2 aromatic heterocycles. The van der Waals surface area contributed by atoms with Crippen LogP contribution in [0.25, 0.3) is 5.65 Å². The second-order valence-electron chi connectivity index (χ2n) is 10.5. The van der Waals surface area contributed by atoms with Crippen LogP contribution >= 0.6 is 0 Å². The van der Waals surface area contributed by atoms with Crippen LogP contribution in [0.2, 0.25) is 0 Å². The van der Waals surface area contributed by atoms with Gasteiger partial charge in [0.25, 0.3) is 11.8 Å². The molecule has 7 heteroatoms. The van der Waals surface area contributed by atoms with E-state index < -0.39 is 0 Å². The lowest BCUT2D eigenvalue weighted by molar-refractivity contribution is -0.0503. The third-order valence-corrected chi connectivity index (χ3v) is 8.14. The maximum atomic E-state index is 13.1. The number of pyridine rings is 1. The second-order valence-corrected chi connectivity index (χ2v) is 10.5. The van der Waals surface area contributed by atoms with Crippen LogP contribution in [0.4, 0.5) is 0 Å². The number of rotatable bonds is 5. The molecule has 1 atom stereocenters. The maximum Gasteiger partial charge on any atom is 0.271 e. The molecule has 4 saturated carbocycles. The van der Waals surface area contributed by atoms with Crippen LogP contribution in [0.1, 0.15) is 65.9 Å². The molecule has 2 aromatic rings. The van der Waals surface area contributed by atoms with Gasteiger partial charge in [0.15, 0.2) is 0 Å². The number of imidazole rings is 1. The number of fused-ring (bicyclic) bond motifs is 1. The molecule has 5 aliphatic rings. The average Bonchev–Trinajstić information content (AvgIpc) is 3.40. The highest BCUT2D eigenvalue weighted by Gasteiger charge is 2.50. The van der Waals surface area contributed by atoms with E-state index in [1.807, 2.05) is 18.2 Å². The van der Waals surface area contributed by atoms with Gasteiger partial charge in [0.2, 0.25) is 0 Å². The van der Waals surface area contributed by atoms with E-state index in [0.717, 1.165) is 43.8 Å². The molecule has 2 amide bonds. The number of carbonyl (C=O) groups excluding carboxylic acids is 2. The normalized spacial score (nSPS) is 33.7. The Kier molecular flexibility index (Phi) is 4.56. The molecule has 1 saturated heterocycles. The summed E-state index contributed by atoms with van der Waals surface area (Å²) in [5.41, 5.74) is 1.81. The van der Waals surface area contributed by atoms with Gasteiger partial charge < -0.3 is 16.0 Å². The van der Waals surface area contributed by atoms with Crippen LogP contribution in [-0.2, 0) is 0 Å². The number of hydrogen-bond acceptors (Lipinski definition) is 4. The van der Waals surface area contributed by atoms with Gasteiger partial charge in [-0.2, -0.15) is 0 Å². The highest BCUT2D eigenvalue weighted by Crippen LogP contribution is 2.59. The summed E-state index contributed by atoms with van der Waals surface area (Å²) in [4.78, 5) is 30.2. The molecule has 0 aromatic carbocycles. The van der Waals surface area contributed by atoms with Crippen molar-refractivity contribution in [1.29, 1.82) is 0 Å². The fourth-order valence-corrected chi connectivity index (χ4v) is 7.21. The van der Waals surface area contributed by atoms with Crippen LogP contribution in [0, 0.1) is 23.2 Å². The van der Waals surface area contributed by atoms with Crippen LogP contribution in [0.15, 0.2) is 24.4 Å². The summed E-state index contributed by atoms with van der Waals surface area (Å²) < 4.78 is 1.75. The predicted octanol–water partition coefficient (Wildman–Crippen LogP) is 2.37. The number of hydrogen-bond donors (Lipinski definition) is 3. The lowest BCUT2D eigenvalue weighted by Crippen LogP contribution is -2.51. The van der Waals surface area contributed by atoms with Crippen molar-refractivity contribution in [2.75, 3.05) is 19.6 Å². The summed E-state index contributed by atoms with van der Waals surface area (Å²) in [6.45, 7) is 2.48. The summed E-state index contributed by atoms with van der Waals surface area (Å²) in [6.07, 6.45) is 10.7. The van der Waals surface area contributed by atoms with Gasteiger partial charge in [-0.05, 0) is 86.8 Å². The predicted molar refractivity (Wildman–Crippen MR) is 117 cm³/mol. The summed E-state index contributed by atoms with van der Waals surface area (Å²) in [6, 6.07) is 5.63. The first kappa shape index (κ1) is 19.3. The summed E-state index contributed by atoms with van der Waals surface area (Å²) in [5, 5.41) is 9.52. The highest BCUT2D eigenvalue weighted by atomic mass is 16.2. The van der Waals surface area contributed by atoms with Crippen molar-refractivity contribution in [3.05, 3.63) is 35.8 Å². The van der Waals surface area contributed by atoms with Gasteiger partial charge in [-0.25, -0.2) is 4.98 Å². The first-order valence-electron chi connectivity index (χ1n) is 11.8. The molecule has 1 aliphatic heterocycles. The minimum Gasteiger partial charge on any atom is -0.350 e. The molecular formula is C24H31N5O2. The van der Waals surface area contributed by atoms with Crippen LogP contribution in [0.5, 0.6) is 0 Å². The van der Waals surface area contributed by atoms with Crippen LogP contribution < -0.4 is 16.0 Å². The van der Waals surface area contributed by atoms with Gasteiger partial charge >= 0.3 is 0 Å². The first-order chi connectivity index (χ1) is 15.1. The van der Waals surface area contributed by atoms with E-state index in [1.54, 1.807) is 10.6 Å². The first-order valence-corrected chi connectivity index (χ1v) is 11.8. The van der Waals surface area contributed by atoms with E-state index in [9.17, 15) is 9.59 Å². The Labute approximate surface area is 182 Å². The molecule has 31 heavy (non-hydrogen) atoms. The Morgan fingerprint density at radius 1 is 1.10 bits per heavy atom. The topological polar surface area (TPSA) is 87.5 Å². The maximum absolute atomic E-state index is 13.1. The molecule has 1 unspecified atom stereocenters. The molecule has 0 spiro atoms. The van der Waals surface area contributed by atoms with E-state index in [1.165, 1.54) is 38.5 Å². The molecule has 7 nitrogen and oxygen atoms in total. The van der Waals surface area contributed by atoms with E-state index in [-0.39, 0.29) is 17.9 Å². The van der Waals surface area contributed by atoms with Crippen molar-refractivity contribution in [3.8, 4) is 0 Å². The number of aromatic nitrogens is 2.